The lowest BCUT2D eigenvalue weighted by Gasteiger charge is -2.10. The van der Waals surface area contributed by atoms with Crippen molar-refractivity contribution in [2.75, 3.05) is 5.32 Å². The fraction of sp³-hybridized carbons (Fsp3) is 0.294. The Labute approximate surface area is 114 Å². The van der Waals surface area contributed by atoms with Crippen molar-refractivity contribution in [1.82, 2.24) is 0 Å². The predicted molar refractivity (Wildman–Crippen MR) is 79.0 cm³/mol. The van der Waals surface area contributed by atoms with Crippen LogP contribution in [0, 0.1) is 12.7 Å². The van der Waals surface area contributed by atoms with Crippen molar-refractivity contribution < 1.29 is 4.39 Å². The van der Waals surface area contributed by atoms with Gasteiger partial charge in [-0.15, -0.1) is 0 Å². The first kappa shape index (κ1) is 13.6. The smallest absolute Gasteiger partial charge is 0.126 e. The van der Waals surface area contributed by atoms with Gasteiger partial charge in [0, 0.05) is 12.2 Å². The summed E-state index contributed by atoms with van der Waals surface area (Å²) in [6.07, 6.45) is 0. The Bertz CT molecular complexity index is 544. The highest BCUT2D eigenvalue weighted by Gasteiger charge is 2.01. The van der Waals surface area contributed by atoms with Crippen LogP contribution in [0.25, 0.3) is 0 Å². The number of aryl methyl sites for hydroxylation is 1. The molecule has 0 saturated heterocycles. The van der Waals surface area contributed by atoms with E-state index in [1.807, 2.05) is 12.1 Å². The molecule has 2 aromatic rings. The van der Waals surface area contributed by atoms with E-state index < -0.39 is 0 Å². The molecule has 0 bridgehead atoms. The summed E-state index contributed by atoms with van der Waals surface area (Å²) < 4.78 is 13.2. The SMILES string of the molecule is Cc1cc(CNc2ccc(C(C)C)cc2)ccc1F. The summed E-state index contributed by atoms with van der Waals surface area (Å²) in [7, 11) is 0. The fourth-order valence-electron chi connectivity index (χ4n) is 2.01. The summed E-state index contributed by atoms with van der Waals surface area (Å²) in [6.45, 7) is 6.87. The summed E-state index contributed by atoms with van der Waals surface area (Å²) in [5, 5.41) is 3.35. The highest BCUT2D eigenvalue weighted by molar-refractivity contribution is 5.45. The zero-order valence-corrected chi connectivity index (χ0v) is 11.7. The third kappa shape index (κ3) is 3.57. The second-order valence-corrected chi connectivity index (χ2v) is 5.21. The van der Waals surface area contributed by atoms with Crippen molar-refractivity contribution in [3.8, 4) is 0 Å². The van der Waals surface area contributed by atoms with Crippen molar-refractivity contribution in [2.24, 2.45) is 0 Å². The van der Waals surface area contributed by atoms with E-state index in [-0.39, 0.29) is 5.82 Å². The molecule has 2 heteroatoms. The molecule has 0 radical (unpaired) electrons. The van der Waals surface area contributed by atoms with E-state index >= 15 is 0 Å². The maximum Gasteiger partial charge on any atom is 0.126 e. The molecule has 0 atom stereocenters. The third-order valence-corrected chi connectivity index (χ3v) is 3.30. The van der Waals surface area contributed by atoms with Crippen molar-refractivity contribution in [1.29, 1.82) is 0 Å². The molecule has 0 aliphatic heterocycles. The van der Waals surface area contributed by atoms with E-state index in [4.69, 9.17) is 0 Å². The molecule has 0 aliphatic carbocycles. The molecule has 2 rings (SSSR count). The first-order chi connectivity index (χ1) is 9.06. The molecule has 2 aromatic carbocycles. The van der Waals surface area contributed by atoms with Gasteiger partial charge in [-0.1, -0.05) is 38.1 Å². The number of halogens is 1. The van der Waals surface area contributed by atoms with Crippen LogP contribution in [0.15, 0.2) is 42.5 Å². The summed E-state index contributed by atoms with van der Waals surface area (Å²) in [4.78, 5) is 0. The first-order valence-electron chi connectivity index (χ1n) is 6.65. The van der Waals surface area contributed by atoms with E-state index in [2.05, 4.69) is 43.4 Å². The summed E-state index contributed by atoms with van der Waals surface area (Å²) in [6, 6.07) is 13.7. The molecule has 0 fully saturated rings. The second kappa shape index (κ2) is 5.87. The molecule has 0 aliphatic rings. The Kier molecular flexibility index (Phi) is 4.20. The van der Waals surface area contributed by atoms with Gasteiger partial charge >= 0.3 is 0 Å². The molecule has 1 N–H and O–H groups in total. The Morgan fingerprint density at radius 2 is 1.74 bits per heavy atom. The molecule has 100 valence electrons. The molecular formula is C17H20FN. The van der Waals surface area contributed by atoms with Crippen molar-refractivity contribution >= 4 is 5.69 Å². The van der Waals surface area contributed by atoms with Gasteiger partial charge in [0.25, 0.3) is 0 Å². The van der Waals surface area contributed by atoms with Gasteiger partial charge in [0.1, 0.15) is 5.82 Å². The van der Waals surface area contributed by atoms with E-state index in [0.29, 0.717) is 18.0 Å². The Morgan fingerprint density at radius 1 is 1.05 bits per heavy atom. The van der Waals surface area contributed by atoms with Gasteiger partial charge in [-0.25, -0.2) is 4.39 Å². The topological polar surface area (TPSA) is 12.0 Å². The molecule has 1 nitrogen and oxygen atoms in total. The van der Waals surface area contributed by atoms with Crippen LogP contribution in [-0.2, 0) is 6.54 Å². The van der Waals surface area contributed by atoms with Gasteiger partial charge in [0.05, 0.1) is 0 Å². The molecule has 0 aromatic heterocycles. The van der Waals surface area contributed by atoms with Crippen molar-refractivity contribution in [3.05, 3.63) is 65.0 Å². The van der Waals surface area contributed by atoms with Crippen LogP contribution in [0.2, 0.25) is 0 Å². The Morgan fingerprint density at radius 3 is 2.32 bits per heavy atom. The zero-order valence-electron chi connectivity index (χ0n) is 11.7. The highest BCUT2D eigenvalue weighted by Crippen LogP contribution is 2.18. The number of rotatable bonds is 4. The maximum atomic E-state index is 13.2. The van der Waals surface area contributed by atoms with E-state index in [1.165, 1.54) is 11.6 Å². The minimum atomic E-state index is -0.148. The number of hydrogen-bond acceptors (Lipinski definition) is 1. The third-order valence-electron chi connectivity index (χ3n) is 3.30. The summed E-state index contributed by atoms with van der Waals surface area (Å²) in [5.41, 5.74) is 4.20. The van der Waals surface area contributed by atoms with Crippen LogP contribution in [0.3, 0.4) is 0 Å². The number of hydrogen-bond donors (Lipinski definition) is 1. The maximum absolute atomic E-state index is 13.2. The molecule has 0 heterocycles. The Hall–Kier alpha value is -1.83. The molecule has 0 spiro atoms. The molecule has 19 heavy (non-hydrogen) atoms. The highest BCUT2D eigenvalue weighted by atomic mass is 19.1. The van der Waals surface area contributed by atoms with E-state index in [9.17, 15) is 4.39 Å². The van der Waals surface area contributed by atoms with Crippen LogP contribution in [0.5, 0.6) is 0 Å². The zero-order chi connectivity index (χ0) is 13.8. The van der Waals surface area contributed by atoms with Gasteiger partial charge in [0.2, 0.25) is 0 Å². The van der Waals surface area contributed by atoms with E-state index in [1.54, 1.807) is 6.92 Å². The van der Waals surface area contributed by atoms with Crippen LogP contribution < -0.4 is 5.32 Å². The first-order valence-corrected chi connectivity index (χ1v) is 6.65. The molecule has 0 unspecified atom stereocenters. The monoisotopic (exact) mass is 257 g/mol. The summed E-state index contributed by atoms with van der Waals surface area (Å²) >= 11 is 0. The quantitative estimate of drug-likeness (QED) is 0.824. The van der Waals surface area contributed by atoms with Crippen LogP contribution >= 0.6 is 0 Å². The van der Waals surface area contributed by atoms with Crippen LogP contribution in [0.4, 0.5) is 10.1 Å². The molecule has 0 amide bonds. The average Bonchev–Trinajstić information content (AvgIpc) is 2.40. The minimum Gasteiger partial charge on any atom is -0.381 e. The number of anilines is 1. The lowest BCUT2D eigenvalue weighted by atomic mass is 10.0. The second-order valence-electron chi connectivity index (χ2n) is 5.21. The van der Waals surface area contributed by atoms with Gasteiger partial charge in [-0.2, -0.15) is 0 Å². The van der Waals surface area contributed by atoms with Gasteiger partial charge < -0.3 is 5.32 Å². The average molecular weight is 257 g/mol. The van der Waals surface area contributed by atoms with Crippen molar-refractivity contribution in [3.63, 3.8) is 0 Å². The van der Waals surface area contributed by atoms with Crippen LogP contribution in [0.1, 0.15) is 36.5 Å². The lowest BCUT2D eigenvalue weighted by molar-refractivity contribution is 0.617. The molecular weight excluding hydrogens is 237 g/mol. The standard InChI is InChI=1S/C17H20FN/c1-12(2)15-5-7-16(8-6-15)19-11-14-4-9-17(18)13(3)10-14/h4-10,12,19H,11H2,1-3H3. The lowest BCUT2D eigenvalue weighted by Crippen LogP contribution is -2.00. The van der Waals surface area contributed by atoms with Gasteiger partial charge in [0.15, 0.2) is 0 Å². The fourth-order valence-corrected chi connectivity index (χ4v) is 2.01. The minimum absolute atomic E-state index is 0.148. The normalized spacial score (nSPS) is 10.8. The largest absolute Gasteiger partial charge is 0.381 e. The van der Waals surface area contributed by atoms with Gasteiger partial charge in [-0.05, 0) is 47.7 Å². The van der Waals surface area contributed by atoms with Crippen LogP contribution in [-0.4, -0.2) is 0 Å². The Balaban J connectivity index is 2.00. The number of benzene rings is 2. The van der Waals surface area contributed by atoms with Crippen molar-refractivity contribution in [2.45, 2.75) is 33.2 Å². The van der Waals surface area contributed by atoms with Gasteiger partial charge in [-0.3, -0.25) is 0 Å². The predicted octanol–water partition coefficient (Wildman–Crippen LogP) is 4.87. The van der Waals surface area contributed by atoms with E-state index in [0.717, 1.165) is 11.3 Å². The number of nitrogens with one attached hydrogen (secondary N) is 1. The molecule has 0 saturated carbocycles. The summed E-state index contributed by atoms with van der Waals surface area (Å²) in [5.74, 6) is 0.402.